The smallest absolute Gasteiger partial charge is 0.0725 e. The molecule has 1 aromatic rings. The lowest BCUT2D eigenvalue weighted by Gasteiger charge is -2.19. The number of rotatable bonds is 5. The lowest BCUT2D eigenvalue weighted by atomic mass is 9.90. The number of ether oxygens (including phenoxy) is 1. The lowest BCUT2D eigenvalue weighted by Crippen LogP contribution is -2.15. The maximum Gasteiger partial charge on any atom is 0.0725 e. The van der Waals surface area contributed by atoms with Gasteiger partial charge in [0.2, 0.25) is 0 Å². The molecule has 0 spiro atoms. The highest BCUT2D eigenvalue weighted by atomic mass is 16.5. The third kappa shape index (κ3) is 2.88. The van der Waals surface area contributed by atoms with Gasteiger partial charge in [-0.3, -0.25) is 0 Å². The van der Waals surface area contributed by atoms with Crippen molar-refractivity contribution in [3.8, 4) is 0 Å². The molecule has 2 N–H and O–H groups in total. The van der Waals surface area contributed by atoms with Crippen molar-refractivity contribution in [2.45, 2.75) is 52.4 Å². The van der Waals surface area contributed by atoms with Gasteiger partial charge < -0.3 is 10.5 Å². The zero-order valence-corrected chi connectivity index (χ0v) is 10.9. The molecule has 1 aromatic carbocycles. The van der Waals surface area contributed by atoms with E-state index in [1.54, 1.807) is 0 Å². The molecule has 1 unspecified atom stereocenters. The quantitative estimate of drug-likeness (QED) is 0.844. The van der Waals surface area contributed by atoms with Crippen molar-refractivity contribution in [3.63, 3.8) is 0 Å². The van der Waals surface area contributed by atoms with Gasteiger partial charge in [-0.15, -0.1) is 0 Å². The van der Waals surface area contributed by atoms with E-state index in [2.05, 4.69) is 32.0 Å². The summed E-state index contributed by atoms with van der Waals surface area (Å²) in [7, 11) is 0. The Morgan fingerprint density at radius 1 is 1.18 bits per heavy atom. The van der Waals surface area contributed by atoms with Crippen molar-refractivity contribution < 1.29 is 4.74 Å². The van der Waals surface area contributed by atoms with Crippen molar-refractivity contribution in [3.05, 3.63) is 34.9 Å². The van der Waals surface area contributed by atoms with Crippen LogP contribution in [-0.4, -0.2) is 0 Å². The van der Waals surface area contributed by atoms with Gasteiger partial charge in [-0.05, 0) is 29.0 Å². The van der Waals surface area contributed by atoms with E-state index in [0.29, 0.717) is 0 Å². The molecule has 0 bridgehead atoms. The second-order valence-corrected chi connectivity index (χ2v) is 5.05. The van der Waals surface area contributed by atoms with E-state index in [-0.39, 0.29) is 6.04 Å². The summed E-state index contributed by atoms with van der Waals surface area (Å²) >= 11 is 0. The van der Waals surface area contributed by atoms with Crippen molar-refractivity contribution in [1.29, 1.82) is 0 Å². The second-order valence-electron chi connectivity index (χ2n) is 5.05. The Morgan fingerprint density at radius 2 is 1.88 bits per heavy atom. The van der Waals surface area contributed by atoms with Crippen LogP contribution >= 0.6 is 0 Å². The summed E-state index contributed by atoms with van der Waals surface area (Å²) in [4.78, 5) is 0. The first-order chi connectivity index (χ1) is 8.24. The van der Waals surface area contributed by atoms with Crippen LogP contribution in [0.25, 0.3) is 0 Å². The number of hydrogen-bond donors (Lipinski definition) is 1. The molecule has 1 aliphatic rings. The average molecular weight is 233 g/mol. The maximum atomic E-state index is 6.30. The molecule has 1 atom stereocenters. The molecular formula is C15H23NO. The predicted octanol–water partition coefficient (Wildman–Crippen LogP) is 3.54. The fourth-order valence-corrected chi connectivity index (χ4v) is 2.54. The van der Waals surface area contributed by atoms with Gasteiger partial charge in [0, 0.05) is 6.04 Å². The molecule has 0 aromatic heterocycles. The second kappa shape index (κ2) is 5.65. The normalized spacial score (nSPS) is 16.2. The maximum absolute atomic E-state index is 6.30. The van der Waals surface area contributed by atoms with E-state index in [0.717, 1.165) is 25.6 Å². The summed E-state index contributed by atoms with van der Waals surface area (Å²) < 4.78 is 5.43. The Morgan fingerprint density at radius 3 is 2.59 bits per heavy atom. The summed E-state index contributed by atoms with van der Waals surface area (Å²) in [6.45, 7) is 6.01. The molecule has 2 nitrogen and oxygen atoms in total. The molecule has 1 heterocycles. The van der Waals surface area contributed by atoms with Crippen molar-refractivity contribution in [2.24, 2.45) is 11.7 Å². The lowest BCUT2D eigenvalue weighted by molar-refractivity contribution is 0.134. The van der Waals surface area contributed by atoms with E-state index in [1.165, 1.54) is 29.5 Å². The van der Waals surface area contributed by atoms with E-state index in [4.69, 9.17) is 10.5 Å². The van der Waals surface area contributed by atoms with Crippen molar-refractivity contribution in [2.75, 3.05) is 0 Å². The standard InChI is InChI=1S/C15H23NO/c1-3-11(4-2)7-15(16)12-5-6-13-9-17-10-14(13)8-12/h5-6,8,11,15H,3-4,7,9-10,16H2,1-2H3. The number of hydrogen-bond acceptors (Lipinski definition) is 2. The van der Waals surface area contributed by atoms with E-state index < -0.39 is 0 Å². The molecule has 0 saturated carbocycles. The first-order valence-corrected chi connectivity index (χ1v) is 6.69. The van der Waals surface area contributed by atoms with Crippen LogP contribution in [0.4, 0.5) is 0 Å². The van der Waals surface area contributed by atoms with Gasteiger partial charge in [0.25, 0.3) is 0 Å². The largest absolute Gasteiger partial charge is 0.372 e. The van der Waals surface area contributed by atoms with Gasteiger partial charge in [-0.2, -0.15) is 0 Å². The highest BCUT2D eigenvalue weighted by Crippen LogP contribution is 2.27. The minimum atomic E-state index is 0.172. The van der Waals surface area contributed by atoms with Crippen LogP contribution in [0, 0.1) is 5.92 Å². The fourth-order valence-electron chi connectivity index (χ4n) is 2.54. The van der Waals surface area contributed by atoms with E-state index in [1.807, 2.05) is 0 Å². The SMILES string of the molecule is CCC(CC)CC(N)c1ccc2c(c1)COC2. The fraction of sp³-hybridized carbons (Fsp3) is 0.600. The number of nitrogens with two attached hydrogens (primary N) is 1. The monoisotopic (exact) mass is 233 g/mol. The van der Waals surface area contributed by atoms with Crippen LogP contribution in [0.1, 0.15) is 55.8 Å². The molecule has 0 radical (unpaired) electrons. The number of benzene rings is 1. The van der Waals surface area contributed by atoms with Gasteiger partial charge in [0.15, 0.2) is 0 Å². The Hall–Kier alpha value is -0.860. The Kier molecular flexibility index (Phi) is 4.19. The number of fused-ring (bicyclic) bond motifs is 1. The molecule has 0 saturated heterocycles. The van der Waals surface area contributed by atoms with Gasteiger partial charge in [0.1, 0.15) is 0 Å². The summed E-state index contributed by atoms with van der Waals surface area (Å²) in [6, 6.07) is 6.74. The summed E-state index contributed by atoms with van der Waals surface area (Å²) in [5, 5.41) is 0. The summed E-state index contributed by atoms with van der Waals surface area (Å²) in [5.41, 5.74) is 10.2. The molecule has 17 heavy (non-hydrogen) atoms. The molecule has 2 heteroatoms. The molecular weight excluding hydrogens is 210 g/mol. The minimum absolute atomic E-state index is 0.172. The van der Waals surface area contributed by atoms with Crippen LogP contribution in [0.3, 0.4) is 0 Å². The van der Waals surface area contributed by atoms with Crippen molar-refractivity contribution in [1.82, 2.24) is 0 Å². The molecule has 1 aliphatic heterocycles. The Balaban J connectivity index is 2.06. The van der Waals surface area contributed by atoms with Crippen LogP contribution in [0.15, 0.2) is 18.2 Å². The van der Waals surface area contributed by atoms with E-state index in [9.17, 15) is 0 Å². The third-order valence-corrected chi connectivity index (χ3v) is 3.92. The zero-order chi connectivity index (χ0) is 12.3. The molecule has 94 valence electrons. The van der Waals surface area contributed by atoms with Crippen LogP contribution in [-0.2, 0) is 18.0 Å². The Labute approximate surface area is 104 Å². The van der Waals surface area contributed by atoms with Crippen molar-refractivity contribution >= 4 is 0 Å². The highest BCUT2D eigenvalue weighted by molar-refractivity contribution is 5.34. The molecule has 0 amide bonds. The summed E-state index contributed by atoms with van der Waals surface area (Å²) in [5.74, 6) is 0.745. The van der Waals surface area contributed by atoms with Crippen LogP contribution in [0.5, 0.6) is 0 Å². The molecule has 0 fully saturated rings. The topological polar surface area (TPSA) is 35.2 Å². The van der Waals surface area contributed by atoms with Gasteiger partial charge >= 0.3 is 0 Å². The van der Waals surface area contributed by atoms with Gasteiger partial charge in [-0.25, -0.2) is 0 Å². The van der Waals surface area contributed by atoms with Crippen LogP contribution in [0.2, 0.25) is 0 Å². The zero-order valence-electron chi connectivity index (χ0n) is 10.9. The molecule has 2 rings (SSSR count). The van der Waals surface area contributed by atoms with Gasteiger partial charge in [-0.1, -0.05) is 44.9 Å². The van der Waals surface area contributed by atoms with E-state index >= 15 is 0 Å². The van der Waals surface area contributed by atoms with Crippen LogP contribution < -0.4 is 5.73 Å². The van der Waals surface area contributed by atoms with Gasteiger partial charge in [0.05, 0.1) is 13.2 Å². The first kappa shape index (κ1) is 12.6. The first-order valence-electron chi connectivity index (χ1n) is 6.69. The Bertz CT molecular complexity index is 371. The third-order valence-electron chi connectivity index (χ3n) is 3.92. The average Bonchev–Trinajstić information content (AvgIpc) is 2.82. The highest BCUT2D eigenvalue weighted by Gasteiger charge is 2.16. The molecule has 0 aliphatic carbocycles. The summed E-state index contributed by atoms with van der Waals surface area (Å²) in [6.07, 6.45) is 3.53. The predicted molar refractivity (Wildman–Crippen MR) is 70.6 cm³/mol. The minimum Gasteiger partial charge on any atom is -0.372 e.